The molecule has 1 unspecified atom stereocenters. The predicted octanol–water partition coefficient (Wildman–Crippen LogP) is -0.685. The van der Waals surface area contributed by atoms with Crippen LogP contribution < -0.4 is 16.6 Å². The van der Waals surface area contributed by atoms with Gasteiger partial charge in [-0.05, 0) is 17.7 Å². The van der Waals surface area contributed by atoms with Crippen molar-refractivity contribution in [2.24, 2.45) is 0 Å². The number of aromatic nitrogens is 4. The first-order chi connectivity index (χ1) is 13.7. The number of benzene rings is 1. The minimum atomic E-state index is -1.25. The van der Waals surface area contributed by atoms with E-state index in [1.807, 2.05) is 0 Å². The van der Waals surface area contributed by atoms with Gasteiger partial charge in [-0.1, -0.05) is 6.07 Å². The Morgan fingerprint density at radius 3 is 2.72 bits per heavy atom. The number of amides is 1. The maximum Gasteiger partial charge on any atom is 0.326 e. The molecule has 0 aliphatic heterocycles. The van der Waals surface area contributed by atoms with E-state index in [-0.39, 0.29) is 48.0 Å². The lowest BCUT2D eigenvalue weighted by atomic mass is 10.1. The van der Waals surface area contributed by atoms with Crippen LogP contribution in [0.4, 0.5) is 5.95 Å². The normalized spacial score (nSPS) is 12.0. The fraction of sp³-hybridized carbons (Fsp3) is 0.235. The van der Waals surface area contributed by atoms with Crippen molar-refractivity contribution in [3.63, 3.8) is 0 Å². The second kappa shape index (κ2) is 7.88. The van der Waals surface area contributed by atoms with E-state index in [1.165, 1.54) is 29.1 Å². The Morgan fingerprint density at radius 1 is 1.28 bits per heavy atom. The number of aliphatic carboxylic acids is 1. The molecule has 3 aromatic rings. The molecule has 7 N–H and O–H groups in total. The van der Waals surface area contributed by atoms with Crippen molar-refractivity contribution in [3.8, 4) is 11.5 Å². The standard InChI is InChI=1S/C17H18N6O6/c18-17-21-14-13(15(27)22-17)19-7-23(14)4-3-12(26)20-9(16(28)29)5-8-1-2-10(24)11(25)6-8/h1-2,6-7,9,24-25H,3-5H2,(H,20,26)(H,28,29)(H3,18,21,22,27). The summed E-state index contributed by atoms with van der Waals surface area (Å²) < 4.78 is 1.47. The summed E-state index contributed by atoms with van der Waals surface area (Å²) in [5, 5.41) is 30.6. The minimum absolute atomic E-state index is 0.0789. The fourth-order valence-electron chi connectivity index (χ4n) is 2.75. The molecular formula is C17H18N6O6. The number of phenolic OH excluding ortho intramolecular Hbond substituents is 2. The SMILES string of the molecule is Nc1nc2c(ncn2CCC(=O)NC(Cc2ccc(O)c(O)c2)C(=O)O)c(=O)[nH]1. The molecule has 12 heteroatoms. The number of nitrogen functional groups attached to an aromatic ring is 1. The topological polar surface area (TPSA) is 196 Å². The van der Waals surface area contributed by atoms with Gasteiger partial charge in [-0.25, -0.2) is 9.78 Å². The number of aromatic hydroxyl groups is 2. The number of phenols is 2. The molecule has 0 spiro atoms. The average Bonchev–Trinajstić information content (AvgIpc) is 3.05. The van der Waals surface area contributed by atoms with Crippen molar-refractivity contribution in [1.82, 2.24) is 24.8 Å². The van der Waals surface area contributed by atoms with E-state index >= 15 is 0 Å². The number of hydrogen-bond acceptors (Lipinski definition) is 8. The number of carbonyl (C=O) groups is 2. The molecule has 152 valence electrons. The van der Waals surface area contributed by atoms with Crippen molar-refractivity contribution in [2.45, 2.75) is 25.4 Å². The Kier molecular flexibility index (Phi) is 5.34. The molecule has 0 radical (unpaired) electrons. The second-order valence-corrected chi connectivity index (χ2v) is 6.30. The zero-order chi connectivity index (χ0) is 21.1. The van der Waals surface area contributed by atoms with Crippen molar-refractivity contribution in [3.05, 3.63) is 40.4 Å². The van der Waals surface area contributed by atoms with Gasteiger partial charge in [0.05, 0.1) is 6.33 Å². The summed E-state index contributed by atoms with van der Waals surface area (Å²) in [4.78, 5) is 45.7. The first-order valence-corrected chi connectivity index (χ1v) is 8.48. The number of imidazole rings is 1. The molecule has 1 atom stereocenters. The summed E-state index contributed by atoms with van der Waals surface area (Å²) in [5.74, 6) is -2.59. The van der Waals surface area contributed by atoms with Crippen LogP contribution in [0, 0.1) is 0 Å². The van der Waals surface area contributed by atoms with E-state index in [0.717, 1.165) is 0 Å². The van der Waals surface area contributed by atoms with Crippen LogP contribution in [0.1, 0.15) is 12.0 Å². The molecule has 12 nitrogen and oxygen atoms in total. The summed E-state index contributed by atoms with van der Waals surface area (Å²) in [7, 11) is 0. The van der Waals surface area contributed by atoms with Crippen LogP contribution in [0.2, 0.25) is 0 Å². The first kappa shape index (κ1) is 19.7. The second-order valence-electron chi connectivity index (χ2n) is 6.30. The Bertz CT molecular complexity index is 1140. The molecule has 2 heterocycles. The van der Waals surface area contributed by atoms with Crippen LogP contribution in [-0.4, -0.2) is 52.8 Å². The van der Waals surface area contributed by atoms with Crippen molar-refractivity contribution in [2.75, 3.05) is 5.73 Å². The van der Waals surface area contributed by atoms with Gasteiger partial charge >= 0.3 is 5.97 Å². The lowest BCUT2D eigenvalue weighted by Gasteiger charge is -2.15. The molecule has 2 aromatic heterocycles. The molecule has 0 saturated carbocycles. The third-order valence-corrected chi connectivity index (χ3v) is 4.19. The maximum atomic E-state index is 12.2. The Labute approximate surface area is 162 Å². The first-order valence-electron chi connectivity index (χ1n) is 8.48. The smallest absolute Gasteiger partial charge is 0.326 e. The number of aryl methyl sites for hydroxylation is 1. The molecule has 0 bridgehead atoms. The van der Waals surface area contributed by atoms with Gasteiger partial charge < -0.3 is 30.9 Å². The van der Waals surface area contributed by atoms with Crippen LogP contribution in [0.25, 0.3) is 11.2 Å². The maximum absolute atomic E-state index is 12.2. The largest absolute Gasteiger partial charge is 0.504 e. The highest BCUT2D eigenvalue weighted by molar-refractivity contribution is 5.83. The van der Waals surface area contributed by atoms with Gasteiger partial charge in [0.25, 0.3) is 5.56 Å². The van der Waals surface area contributed by atoms with Gasteiger partial charge in [0.15, 0.2) is 22.7 Å². The molecule has 1 aromatic carbocycles. The molecule has 3 rings (SSSR count). The van der Waals surface area contributed by atoms with Crippen LogP contribution in [-0.2, 0) is 22.6 Å². The van der Waals surface area contributed by atoms with Gasteiger partial charge in [0.1, 0.15) is 6.04 Å². The van der Waals surface area contributed by atoms with E-state index in [0.29, 0.717) is 5.56 Å². The fourth-order valence-corrected chi connectivity index (χ4v) is 2.75. The van der Waals surface area contributed by atoms with E-state index in [4.69, 9.17) is 5.73 Å². The number of nitrogens with two attached hydrogens (primary N) is 1. The number of carboxylic acids is 1. The zero-order valence-electron chi connectivity index (χ0n) is 15.0. The minimum Gasteiger partial charge on any atom is -0.504 e. The average molecular weight is 402 g/mol. The third kappa shape index (κ3) is 4.43. The summed E-state index contributed by atoms with van der Waals surface area (Å²) in [6.45, 7) is 0.102. The highest BCUT2D eigenvalue weighted by Gasteiger charge is 2.21. The lowest BCUT2D eigenvalue weighted by Crippen LogP contribution is -2.42. The van der Waals surface area contributed by atoms with E-state index in [9.17, 15) is 29.7 Å². The number of carboxylic acid groups (broad SMARTS) is 1. The molecule has 0 fully saturated rings. The summed E-state index contributed by atoms with van der Waals surface area (Å²) in [6, 6.07) is 2.67. The highest BCUT2D eigenvalue weighted by atomic mass is 16.4. The van der Waals surface area contributed by atoms with Crippen LogP contribution in [0.3, 0.4) is 0 Å². The number of H-pyrrole nitrogens is 1. The van der Waals surface area contributed by atoms with Gasteiger partial charge in [-0.3, -0.25) is 14.6 Å². The molecular weight excluding hydrogens is 384 g/mol. The van der Waals surface area contributed by atoms with Gasteiger partial charge in [0.2, 0.25) is 11.9 Å². The van der Waals surface area contributed by atoms with Crippen LogP contribution >= 0.6 is 0 Å². The third-order valence-electron chi connectivity index (χ3n) is 4.19. The molecule has 1 amide bonds. The Morgan fingerprint density at radius 2 is 2.03 bits per heavy atom. The van der Waals surface area contributed by atoms with E-state index in [2.05, 4.69) is 20.3 Å². The predicted molar refractivity (Wildman–Crippen MR) is 100 cm³/mol. The van der Waals surface area contributed by atoms with Crippen molar-refractivity contribution >= 4 is 29.0 Å². The highest BCUT2D eigenvalue weighted by Crippen LogP contribution is 2.25. The summed E-state index contributed by atoms with van der Waals surface area (Å²) >= 11 is 0. The Balaban J connectivity index is 1.66. The quantitative estimate of drug-likeness (QED) is 0.277. The molecule has 0 saturated heterocycles. The van der Waals surface area contributed by atoms with Crippen LogP contribution in [0.5, 0.6) is 11.5 Å². The number of rotatable bonds is 7. The van der Waals surface area contributed by atoms with Crippen LogP contribution in [0.15, 0.2) is 29.3 Å². The molecule has 0 aliphatic rings. The van der Waals surface area contributed by atoms with E-state index in [1.54, 1.807) is 0 Å². The number of aromatic amines is 1. The number of nitrogens with zero attached hydrogens (tertiary/aromatic N) is 3. The number of fused-ring (bicyclic) bond motifs is 1. The molecule has 29 heavy (non-hydrogen) atoms. The van der Waals surface area contributed by atoms with Crippen molar-refractivity contribution < 1.29 is 24.9 Å². The van der Waals surface area contributed by atoms with E-state index < -0.39 is 23.5 Å². The summed E-state index contributed by atoms with van der Waals surface area (Å²) in [5.41, 5.74) is 5.73. The lowest BCUT2D eigenvalue weighted by molar-refractivity contribution is -0.141. The monoisotopic (exact) mass is 402 g/mol. The van der Waals surface area contributed by atoms with Gasteiger partial charge in [-0.15, -0.1) is 0 Å². The van der Waals surface area contributed by atoms with Crippen molar-refractivity contribution in [1.29, 1.82) is 0 Å². The summed E-state index contributed by atoms with van der Waals surface area (Å²) in [6.07, 6.45) is 1.16. The molecule has 0 aliphatic carbocycles. The number of hydrogen-bond donors (Lipinski definition) is 6. The number of nitrogens with one attached hydrogen (secondary N) is 2. The van der Waals surface area contributed by atoms with Gasteiger partial charge in [0, 0.05) is 19.4 Å². The van der Waals surface area contributed by atoms with Gasteiger partial charge in [-0.2, -0.15) is 4.98 Å². The number of carbonyl (C=O) groups excluding carboxylic acids is 1. The zero-order valence-corrected chi connectivity index (χ0v) is 15.0. The Hall–Kier alpha value is -4.09. The number of anilines is 1.